The van der Waals surface area contributed by atoms with E-state index in [0.717, 1.165) is 13.6 Å². The molecule has 0 aliphatic rings. The van der Waals surface area contributed by atoms with E-state index in [9.17, 15) is 52.4 Å². The van der Waals surface area contributed by atoms with Gasteiger partial charge in [0.1, 0.15) is 24.7 Å². The zero-order chi connectivity index (χ0) is 34.7. The van der Waals surface area contributed by atoms with Crippen molar-refractivity contribution in [3.63, 3.8) is 0 Å². The van der Waals surface area contributed by atoms with Gasteiger partial charge < -0.3 is 43.8 Å². The summed E-state index contributed by atoms with van der Waals surface area (Å²) >= 11 is 0. The Hall–Kier alpha value is -1.55. The fourth-order valence-corrected chi connectivity index (χ4v) is 6.92. The standard InChI is InChI=1S/C24H46NO17P3/c1-5-22(28)39-16-20(42-23(29)6-2)17-41-45(35,36)40-12-7-9-19(26)15-37-13-14-38-18-21(27)25-11-8-10-24(3,43(4,30)31)44(32,33)34/h20H,5-18H2,1-4H3,(H,25,27)(H,30,31)(H,35,36)(H2,32,33,34). The molecule has 0 aromatic rings. The summed E-state index contributed by atoms with van der Waals surface area (Å²) in [6, 6.07) is 0. The molecule has 1 amide bonds. The lowest BCUT2D eigenvalue weighted by Crippen LogP contribution is -2.31. The van der Waals surface area contributed by atoms with Crippen molar-refractivity contribution in [3.8, 4) is 0 Å². The normalized spacial score (nSPS) is 16.4. The number of phosphoric acid groups is 1. The first-order valence-electron chi connectivity index (χ1n) is 14.0. The molecule has 0 radical (unpaired) electrons. The number of hydrogen-bond donors (Lipinski definition) is 5. The third kappa shape index (κ3) is 19.0. The largest absolute Gasteiger partial charge is 0.472 e. The Morgan fingerprint density at radius 1 is 0.822 bits per heavy atom. The topological polar surface area (TPSA) is 268 Å². The van der Waals surface area contributed by atoms with Crippen LogP contribution in [0.2, 0.25) is 0 Å². The number of nitrogens with one attached hydrogen (secondary N) is 1. The van der Waals surface area contributed by atoms with Gasteiger partial charge in [-0.3, -0.25) is 37.4 Å². The Kier molecular flexibility index (Phi) is 20.6. The molecule has 0 aliphatic carbocycles. The summed E-state index contributed by atoms with van der Waals surface area (Å²) in [5.41, 5.74) is 0. The number of Topliss-reactive ketones (excluding diaryl/α,β-unsaturated/α-hetero) is 1. The molecule has 0 aromatic carbocycles. The smallest absolute Gasteiger partial charge is 0.462 e. The van der Waals surface area contributed by atoms with E-state index in [-0.39, 0.29) is 90.5 Å². The summed E-state index contributed by atoms with van der Waals surface area (Å²) in [4.78, 5) is 83.0. The lowest BCUT2D eigenvalue weighted by Gasteiger charge is -2.32. The van der Waals surface area contributed by atoms with Crippen molar-refractivity contribution >= 4 is 46.4 Å². The molecule has 0 aliphatic heterocycles. The second kappa shape index (κ2) is 21.3. The second-order valence-electron chi connectivity index (χ2n) is 9.94. The van der Waals surface area contributed by atoms with E-state index < -0.39 is 58.2 Å². The Balaban J connectivity index is 4.13. The predicted molar refractivity (Wildman–Crippen MR) is 157 cm³/mol. The van der Waals surface area contributed by atoms with Gasteiger partial charge in [-0.1, -0.05) is 13.8 Å². The fraction of sp³-hybridized carbons (Fsp3) is 0.833. The van der Waals surface area contributed by atoms with Crippen LogP contribution in [-0.2, 0) is 60.9 Å². The van der Waals surface area contributed by atoms with Crippen molar-refractivity contribution in [3.05, 3.63) is 0 Å². The van der Waals surface area contributed by atoms with Gasteiger partial charge in [-0.25, -0.2) is 4.57 Å². The van der Waals surface area contributed by atoms with E-state index in [2.05, 4.69) is 5.32 Å². The van der Waals surface area contributed by atoms with Gasteiger partial charge in [0.15, 0.2) is 11.9 Å². The molecule has 4 unspecified atom stereocenters. The van der Waals surface area contributed by atoms with Crippen molar-refractivity contribution in [1.82, 2.24) is 5.32 Å². The molecular weight excluding hydrogens is 667 g/mol. The molecule has 264 valence electrons. The van der Waals surface area contributed by atoms with Crippen LogP contribution in [-0.4, -0.2) is 114 Å². The van der Waals surface area contributed by atoms with Crippen LogP contribution in [0.4, 0.5) is 0 Å². The zero-order valence-electron chi connectivity index (χ0n) is 25.9. The minimum absolute atomic E-state index is 0.00453. The lowest BCUT2D eigenvalue weighted by molar-refractivity contribution is -0.160. The first kappa shape index (κ1) is 43.5. The molecule has 18 nitrogen and oxygen atoms in total. The Morgan fingerprint density at radius 2 is 1.42 bits per heavy atom. The first-order valence-corrected chi connectivity index (χ1v) is 19.3. The van der Waals surface area contributed by atoms with E-state index in [1.165, 1.54) is 6.92 Å². The maximum atomic E-state index is 12.1. The van der Waals surface area contributed by atoms with Gasteiger partial charge in [-0.05, 0) is 26.2 Å². The number of ether oxygens (including phenoxy) is 4. The highest BCUT2D eigenvalue weighted by Crippen LogP contribution is 2.70. The van der Waals surface area contributed by atoms with Crippen LogP contribution >= 0.6 is 22.8 Å². The lowest BCUT2D eigenvalue weighted by atomic mass is 10.2. The molecule has 5 N–H and O–H groups in total. The summed E-state index contributed by atoms with van der Waals surface area (Å²) in [6.07, 6.45) is -1.23. The van der Waals surface area contributed by atoms with E-state index in [1.807, 2.05) is 0 Å². The van der Waals surface area contributed by atoms with Crippen molar-refractivity contribution in [2.24, 2.45) is 0 Å². The van der Waals surface area contributed by atoms with E-state index >= 15 is 0 Å². The molecule has 21 heteroatoms. The third-order valence-corrected chi connectivity index (χ3v) is 12.5. The molecule has 0 fully saturated rings. The number of amides is 1. The Morgan fingerprint density at radius 3 is 1.98 bits per heavy atom. The minimum Gasteiger partial charge on any atom is -0.462 e. The average Bonchev–Trinajstić information content (AvgIpc) is 2.94. The van der Waals surface area contributed by atoms with Gasteiger partial charge in [0, 0.05) is 32.5 Å². The van der Waals surface area contributed by atoms with Gasteiger partial charge in [-0.15, -0.1) is 0 Å². The van der Waals surface area contributed by atoms with E-state index in [4.69, 9.17) is 28.0 Å². The van der Waals surface area contributed by atoms with Crippen molar-refractivity contribution in [2.75, 3.05) is 59.5 Å². The number of hydrogen-bond acceptors (Lipinski definition) is 13. The van der Waals surface area contributed by atoms with E-state index in [1.54, 1.807) is 6.92 Å². The van der Waals surface area contributed by atoms with Crippen molar-refractivity contribution in [1.29, 1.82) is 0 Å². The number of ketones is 1. The monoisotopic (exact) mass is 713 g/mol. The molecule has 0 heterocycles. The summed E-state index contributed by atoms with van der Waals surface area (Å²) in [7, 11) is -13.6. The SMILES string of the molecule is CCC(=O)OCC(COP(=O)(O)OCCCC(=O)COCCOCC(=O)NCCCC(C)(P(C)(=O)O)P(=O)(O)O)OC(=O)CC. The van der Waals surface area contributed by atoms with Crippen LogP contribution in [0.5, 0.6) is 0 Å². The zero-order valence-corrected chi connectivity index (χ0v) is 28.6. The number of rotatable bonds is 26. The van der Waals surface area contributed by atoms with Gasteiger partial charge in [0.25, 0.3) is 0 Å². The molecule has 0 saturated carbocycles. The highest BCUT2D eigenvalue weighted by atomic mass is 31.2. The number of esters is 2. The van der Waals surface area contributed by atoms with Gasteiger partial charge >= 0.3 is 27.4 Å². The molecule has 0 rings (SSSR count). The molecule has 4 atom stereocenters. The molecule has 45 heavy (non-hydrogen) atoms. The van der Waals surface area contributed by atoms with Crippen LogP contribution in [0.3, 0.4) is 0 Å². The summed E-state index contributed by atoms with van der Waals surface area (Å²) in [5, 5.41) is 2.46. The maximum Gasteiger partial charge on any atom is 0.472 e. The average molecular weight is 714 g/mol. The van der Waals surface area contributed by atoms with Gasteiger partial charge in [0.05, 0.1) is 26.4 Å². The summed E-state index contributed by atoms with van der Waals surface area (Å²) in [5.74, 6) is -2.05. The van der Waals surface area contributed by atoms with Gasteiger partial charge in [0.2, 0.25) is 13.3 Å². The first-order chi connectivity index (χ1) is 20.8. The molecular formula is C24H46NO17P3. The Labute approximate surface area is 262 Å². The van der Waals surface area contributed by atoms with Crippen LogP contribution in [0.1, 0.15) is 59.3 Å². The minimum atomic E-state index is -4.88. The van der Waals surface area contributed by atoms with Crippen molar-refractivity contribution < 1.29 is 80.4 Å². The number of phosphoric ester groups is 1. The molecule has 0 aromatic heterocycles. The highest BCUT2D eigenvalue weighted by molar-refractivity contribution is 7.75. The summed E-state index contributed by atoms with van der Waals surface area (Å²) in [6.45, 7) is 3.08. The predicted octanol–water partition coefficient (Wildman–Crippen LogP) is 1.47. The van der Waals surface area contributed by atoms with E-state index in [0.29, 0.717) is 0 Å². The summed E-state index contributed by atoms with van der Waals surface area (Å²) < 4.78 is 65.5. The Bertz CT molecular complexity index is 1070. The number of carbonyl (C=O) groups is 4. The van der Waals surface area contributed by atoms with Crippen LogP contribution in [0, 0.1) is 0 Å². The van der Waals surface area contributed by atoms with Crippen molar-refractivity contribution in [2.45, 2.75) is 70.3 Å². The number of carbonyl (C=O) groups excluding carboxylic acids is 4. The highest BCUT2D eigenvalue weighted by Gasteiger charge is 2.53. The third-order valence-electron chi connectivity index (χ3n) is 6.12. The molecule has 0 bridgehead atoms. The van der Waals surface area contributed by atoms with Crippen LogP contribution in [0.15, 0.2) is 0 Å². The maximum absolute atomic E-state index is 12.1. The van der Waals surface area contributed by atoms with Gasteiger partial charge in [-0.2, -0.15) is 0 Å². The second-order valence-corrected chi connectivity index (χ2v) is 16.6. The van der Waals surface area contributed by atoms with Crippen LogP contribution in [0.25, 0.3) is 0 Å². The van der Waals surface area contributed by atoms with Crippen LogP contribution < -0.4 is 5.32 Å². The quantitative estimate of drug-likeness (QED) is 0.0482. The molecule has 0 saturated heterocycles. The fourth-order valence-electron chi connectivity index (χ4n) is 3.17. The molecule has 0 spiro atoms.